The van der Waals surface area contributed by atoms with Crippen LogP contribution in [-0.4, -0.2) is 52.7 Å². The van der Waals surface area contributed by atoms with E-state index < -0.39 is 0 Å². The maximum absolute atomic E-state index is 12.6. The third-order valence-corrected chi connectivity index (χ3v) is 7.14. The molecule has 0 aliphatic carbocycles. The van der Waals surface area contributed by atoms with Crippen LogP contribution in [0.4, 0.5) is 5.82 Å². The van der Waals surface area contributed by atoms with Crippen LogP contribution in [0.1, 0.15) is 23.3 Å². The Morgan fingerprint density at radius 3 is 2.70 bits per heavy atom. The van der Waals surface area contributed by atoms with Crippen molar-refractivity contribution >= 4 is 40.6 Å². The van der Waals surface area contributed by atoms with Gasteiger partial charge in [0.05, 0.1) is 19.3 Å². The largest absolute Gasteiger partial charge is 0.355 e. The molecule has 3 heterocycles. The third kappa shape index (κ3) is 6.66. The minimum absolute atomic E-state index is 0.0182. The second-order valence-electron chi connectivity index (χ2n) is 8.18. The first-order valence-corrected chi connectivity index (χ1v) is 12.4. The Bertz CT molecular complexity index is 1060. The minimum atomic E-state index is -0.0882. The van der Waals surface area contributed by atoms with Crippen molar-refractivity contribution in [2.24, 2.45) is 5.92 Å². The van der Waals surface area contributed by atoms with E-state index in [1.807, 2.05) is 30.3 Å². The molecule has 3 aromatic rings. The molecular weight excluding hydrogens is 458 g/mol. The summed E-state index contributed by atoms with van der Waals surface area (Å²) in [6.07, 6.45) is 4.07. The number of hydrogen-bond donors (Lipinski definition) is 2. The number of carbonyl (C=O) groups is 2. The lowest BCUT2D eigenvalue weighted by molar-refractivity contribution is -0.126. The van der Waals surface area contributed by atoms with Crippen molar-refractivity contribution in [1.29, 1.82) is 0 Å². The number of nitrogens with one attached hydrogen (secondary N) is 2. The van der Waals surface area contributed by atoms with E-state index in [9.17, 15) is 9.59 Å². The molecule has 0 saturated carbocycles. The van der Waals surface area contributed by atoms with E-state index in [1.165, 1.54) is 4.88 Å². The van der Waals surface area contributed by atoms with Gasteiger partial charge in [-0.3, -0.25) is 14.5 Å². The Hall–Kier alpha value is -2.68. The monoisotopic (exact) mass is 485 g/mol. The van der Waals surface area contributed by atoms with E-state index in [0.29, 0.717) is 30.5 Å². The highest BCUT2D eigenvalue weighted by Crippen LogP contribution is 2.19. The summed E-state index contributed by atoms with van der Waals surface area (Å²) in [5, 5.41) is 13.0. The molecule has 33 heavy (non-hydrogen) atoms. The molecule has 0 atom stereocenters. The van der Waals surface area contributed by atoms with Gasteiger partial charge in [-0.05, 0) is 55.4 Å². The zero-order valence-electron chi connectivity index (χ0n) is 18.4. The molecule has 2 N–H and O–H groups in total. The van der Waals surface area contributed by atoms with Crippen LogP contribution in [0.15, 0.2) is 54.0 Å². The summed E-state index contributed by atoms with van der Waals surface area (Å²) in [6, 6.07) is 13.5. The summed E-state index contributed by atoms with van der Waals surface area (Å²) in [5.74, 6) is 0.693. The highest BCUT2D eigenvalue weighted by molar-refractivity contribution is 7.09. The molecule has 0 spiro atoms. The minimum Gasteiger partial charge on any atom is -0.355 e. The lowest BCUT2D eigenvalue weighted by atomic mass is 9.96. The topological polar surface area (TPSA) is 79.3 Å². The van der Waals surface area contributed by atoms with Crippen LogP contribution >= 0.6 is 22.9 Å². The molecule has 0 bridgehead atoms. The van der Waals surface area contributed by atoms with Crippen molar-refractivity contribution in [3.63, 3.8) is 0 Å². The molecule has 7 nitrogen and oxygen atoms in total. The first-order chi connectivity index (χ1) is 16.1. The molecule has 2 aromatic heterocycles. The molecule has 9 heteroatoms. The summed E-state index contributed by atoms with van der Waals surface area (Å²) >= 11 is 7.96. The van der Waals surface area contributed by atoms with Crippen LogP contribution in [0.25, 0.3) is 0 Å². The Balaban J connectivity index is 1.20. The molecule has 0 radical (unpaired) electrons. The Morgan fingerprint density at radius 1 is 1.12 bits per heavy atom. The van der Waals surface area contributed by atoms with Crippen LogP contribution in [0.2, 0.25) is 5.02 Å². The highest BCUT2D eigenvalue weighted by Gasteiger charge is 2.26. The number of aromatic nitrogens is 2. The normalized spacial score (nSPS) is 14.8. The van der Waals surface area contributed by atoms with Crippen molar-refractivity contribution in [2.45, 2.75) is 25.8 Å². The molecule has 1 aliphatic heterocycles. The number of rotatable bonds is 9. The van der Waals surface area contributed by atoms with Crippen molar-refractivity contribution in [3.8, 4) is 0 Å². The fourth-order valence-electron chi connectivity index (χ4n) is 4.00. The van der Waals surface area contributed by atoms with Crippen molar-refractivity contribution in [2.75, 3.05) is 31.5 Å². The van der Waals surface area contributed by atoms with Gasteiger partial charge in [0.15, 0.2) is 0 Å². The summed E-state index contributed by atoms with van der Waals surface area (Å²) in [4.78, 5) is 28.5. The van der Waals surface area contributed by atoms with Gasteiger partial charge in [-0.1, -0.05) is 35.9 Å². The number of likely N-dealkylation sites (tertiary alicyclic amines) is 1. The molecule has 1 saturated heterocycles. The number of hydrogen-bond acceptors (Lipinski definition) is 5. The Morgan fingerprint density at radius 2 is 1.94 bits per heavy atom. The van der Waals surface area contributed by atoms with Crippen molar-refractivity contribution in [1.82, 2.24) is 20.0 Å². The van der Waals surface area contributed by atoms with Crippen LogP contribution < -0.4 is 10.6 Å². The molecule has 4 rings (SSSR count). The van der Waals surface area contributed by atoms with Crippen LogP contribution in [0.3, 0.4) is 0 Å². The van der Waals surface area contributed by atoms with Gasteiger partial charge in [0, 0.05) is 28.4 Å². The Kier molecular flexibility index (Phi) is 8.15. The third-order valence-electron chi connectivity index (χ3n) is 5.84. The van der Waals surface area contributed by atoms with Crippen LogP contribution in [0.5, 0.6) is 0 Å². The molecule has 2 amide bonds. The summed E-state index contributed by atoms with van der Waals surface area (Å²) in [5.41, 5.74) is 0.939. The van der Waals surface area contributed by atoms with Gasteiger partial charge in [0.2, 0.25) is 11.8 Å². The number of thiophene rings is 1. The summed E-state index contributed by atoms with van der Waals surface area (Å²) in [7, 11) is 0. The zero-order chi connectivity index (χ0) is 23.0. The standard InChI is InChI=1S/C24H28ClN5O2S/c25-21-6-2-1-4-19(21)16-30-22(8-12-27-30)28-23(31)17-29-13-9-18(10-14-29)24(32)26-11-7-20-5-3-15-33-20/h1-6,8,12,15,18H,7,9-11,13-14,16-17H2,(H,26,32)(H,28,31). The van der Waals surface area contributed by atoms with E-state index >= 15 is 0 Å². The first-order valence-electron chi connectivity index (χ1n) is 11.2. The van der Waals surface area contributed by atoms with Gasteiger partial charge in [0.25, 0.3) is 0 Å². The highest BCUT2D eigenvalue weighted by atomic mass is 35.5. The number of benzene rings is 1. The number of anilines is 1. The predicted molar refractivity (Wildman–Crippen MR) is 132 cm³/mol. The number of amides is 2. The quantitative estimate of drug-likeness (QED) is 0.485. The van der Waals surface area contributed by atoms with Crippen molar-refractivity contribution in [3.05, 3.63) is 69.5 Å². The fourth-order valence-corrected chi connectivity index (χ4v) is 4.90. The van der Waals surface area contributed by atoms with Crippen LogP contribution in [-0.2, 0) is 22.6 Å². The van der Waals surface area contributed by atoms with Gasteiger partial charge in [-0.15, -0.1) is 11.3 Å². The first kappa shape index (κ1) is 23.5. The smallest absolute Gasteiger partial charge is 0.239 e. The Labute approximate surface area is 202 Å². The van der Waals surface area contributed by atoms with E-state index in [4.69, 9.17) is 11.6 Å². The van der Waals surface area contributed by atoms with Gasteiger partial charge in [-0.2, -0.15) is 5.10 Å². The molecule has 0 unspecified atom stereocenters. The second-order valence-corrected chi connectivity index (χ2v) is 9.62. The summed E-state index contributed by atoms with van der Waals surface area (Å²) < 4.78 is 1.73. The second kappa shape index (κ2) is 11.4. The molecule has 174 valence electrons. The van der Waals surface area contributed by atoms with Gasteiger partial charge < -0.3 is 10.6 Å². The maximum Gasteiger partial charge on any atom is 0.239 e. The predicted octanol–water partition coefficient (Wildman–Crippen LogP) is 3.66. The fraction of sp³-hybridized carbons (Fsp3) is 0.375. The maximum atomic E-state index is 12.6. The number of nitrogens with zero attached hydrogens (tertiary/aromatic N) is 3. The van der Waals surface area contributed by atoms with Gasteiger partial charge in [-0.25, -0.2) is 4.68 Å². The van der Waals surface area contributed by atoms with E-state index in [2.05, 4.69) is 32.1 Å². The van der Waals surface area contributed by atoms with Crippen molar-refractivity contribution < 1.29 is 9.59 Å². The molecular formula is C24H28ClN5O2S. The van der Waals surface area contributed by atoms with Gasteiger partial charge >= 0.3 is 0 Å². The lowest BCUT2D eigenvalue weighted by Crippen LogP contribution is -2.43. The zero-order valence-corrected chi connectivity index (χ0v) is 19.9. The van der Waals surface area contributed by atoms with Gasteiger partial charge in [0.1, 0.15) is 5.82 Å². The number of carbonyl (C=O) groups excluding carboxylic acids is 2. The summed E-state index contributed by atoms with van der Waals surface area (Å²) in [6.45, 7) is 2.91. The van der Waals surface area contributed by atoms with Crippen LogP contribution in [0, 0.1) is 5.92 Å². The molecule has 1 fully saturated rings. The molecule has 1 aromatic carbocycles. The number of halogens is 1. The molecule has 1 aliphatic rings. The average Bonchev–Trinajstić information content (AvgIpc) is 3.48. The lowest BCUT2D eigenvalue weighted by Gasteiger charge is -2.30. The SMILES string of the molecule is O=C(CN1CCC(C(=O)NCCc2cccs2)CC1)Nc1ccnn1Cc1ccccc1Cl. The average molecular weight is 486 g/mol. The van der Waals surface area contributed by atoms with E-state index in [-0.39, 0.29) is 17.7 Å². The van der Waals surface area contributed by atoms with E-state index in [0.717, 1.165) is 37.9 Å². The number of piperidine rings is 1. The van der Waals surface area contributed by atoms with E-state index in [1.54, 1.807) is 28.3 Å².